The highest BCUT2D eigenvalue weighted by atomic mass is 16.5. The number of hydrogen-bond donors (Lipinski definition) is 1. The minimum absolute atomic E-state index is 0.0201. The molecule has 1 aliphatic heterocycles. The average molecular weight is 351 g/mol. The lowest BCUT2D eigenvalue weighted by Crippen LogP contribution is -2.38. The van der Waals surface area contributed by atoms with Gasteiger partial charge in [-0.15, -0.1) is 0 Å². The number of carbonyl (C=O) groups is 3. The van der Waals surface area contributed by atoms with Crippen LogP contribution in [0.4, 0.5) is 5.69 Å². The lowest BCUT2D eigenvalue weighted by Gasteiger charge is -2.31. The molecule has 0 aromatic heterocycles. The summed E-state index contributed by atoms with van der Waals surface area (Å²) in [5.74, 6) is -2.55. The maximum absolute atomic E-state index is 12.2. The molecule has 0 bridgehead atoms. The van der Waals surface area contributed by atoms with E-state index in [0.29, 0.717) is 5.69 Å². The molecule has 0 spiro atoms. The van der Waals surface area contributed by atoms with E-state index in [1.54, 1.807) is 0 Å². The van der Waals surface area contributed by atoms with Gasteiger partial charge >= 0.3 is 17.9 Å². The van der Waals surface area contributed by atoms with Crippen LogP contribution in [-0.2, 0) is 23.8 Å². The Morgan fingerprint density at radius 3 is 2.36 bits per heavy atom. The molecule has 0 saturated carbocycles. The molecular weight excluding hydrogens is 334 g/mol. The molecule has 0 unspecified atom stereocenters. The fourth-order valence-electron chi connectivity index (χ4n) is 2.38. The number of carboxylic acid groups (broad SMARTS) is 1. The van der Waals surface area contributed by atoms with Crippen LogP contribution in [0.3, 0.4) is 0 Å². The summed E-state index contributed by atoms with van der Waals surface area (Å²) in [6, 6.07) is 4.30. The van der Waals surface area contributed by atoms with E-state index in [9.17, 15) is 19.5 Å². The number of aromatic carboxylic acids is 1. The SMILES string of the molecule is COC(=O)C1=C(C(=O)OC)N(c2ccc(OC)c(C(=O)O)c2)COC1. The van der Waals surface area contributed by atoms with E-state index in [1.165, 1.54) is 44.4 Å². The van der Waals surface area contributed by atoms with Crippen LogP contribution < -0.4 is 9.64 Å². The van der Waals surface area contributed by atoms with Crippen molar-refractivity contribution in [2.45, 2.75) is 0 Å². The van der Waals surface area contributed by atoms with Gasteiger partial charge in [0.2, 0.25) is 0 Å². The minimum Gasteiger partial charge on any atom is -0.496 e. The summed E-state index contributed by atoms with van der Waals surface area (Å²) in [6.07, 6.45) is 0. The van der Waals surface area contributed by atoms with E-state index in [-0.39, 0.29) is 35.9 Å². The van der Waals surface area contributed by atoms with Crippen LogP contribution >= 0.6 is 0 Å². The van der Waals surface area contributed by atoms with E-state index in [1.807, 2.05) is 0 Å². The molecule has 0 saturated heterocycles. The van der Waals surface area contributed by atoms with Crippen LogP contribution in [0.5, 0.6) is 5.75 Å². The van der Waals surface area contributed by atoms with Gasteiger partial charge in [0.25, 0.3) is 0 Å². The highest BCUT2D eigenvalue weighted by Gasteiger charge is 2.32. The third-order valence-corrected chi connectivity index (χ3v) is 3.56. The zero-order valence-electron chi connectivity index (χ0n) is 13.9. The number of anilines is 1. The first kappa shape index (κ1) is 18.3. The second-order valence-electron chi connectivity index (χ2n) is 4.91. The highest BCUT2D eigenvalue weighted by molar-refractivity contribution is 6.03. The Balaban J connectivity index is 2.59. The summed E-state index contributed by atoms with van der Waals surface area (Å²) < 4.78 is 19.8. The maximum atomic E-state index is 12.2. The van der Waals surface area contributed by atoms with Crippen molar-refractivity contribution in [2.75, 3.05) is 39.6 Å². The second kappa shape index (κ2) is 7.67. The molecular formula is C16H17NO8. The summed E-state index contributed by atoms with van der Waals surface area (Å²) >= 11 is 0. The monoisotopic (exact) mass is 351 g/mol. The summed E-state index contributed by atoms with van der Waals surface area (Å²) in [6.45, 7) is -0.203. The predicted octanol–water partition coefficient (Wildman–Crippen LogP) is 0.788. The lowest BCUT2D eigenvalue weighted by molar-refractivity contribution is -0.140. The molecule has 2 rings (SSSR count). The van der Waals surface area contributed by atoms with Gasteiger partial charge in [0.05, 0.1) is 33.5 Å². The van der Waals surface area contributed by atoms with Gasteiger partial charge in [-0.2, -0.15) is 0 Å². The molecule has 1 aromatic carbocycles. The second-order valence-corrected chi connectivity index (χ2v) is 4.91. The van der Waals surface area contributed by atoms with Crippen molar-refractivity contribution < 1.29 is 38.4 Å². The van der Waals surface area contributed by atoms with Crippen molar-refractivity contribution in [3.63, 3.8) is 0 Å². The van der Waals surface area contributed by atoms with Crippen LogP contribution in [0.1, 0.15) is 10.4 Å². The number of rotatable bonds is 5. The van der Waals surface area contributed by atoms with E-state index >= 15 is 0 Å². The zero-order chi connectivity index (χ0) is 18.6. The Labute approximate surface area is 143 Å². The van der Waals surface area contributed by atoms with Gasteiger partial charge in [0, 0.05) is 5.69 Å². The zero-order valence-corrected chi connectivity index (χ0v) is 13.9. The van der Waals surface area contributed by atoms with Crippen LogP contribution in [0, 0.1) is 0 Å². The Morgan fingerprint density at radius 1 is 1.12 bits per heavy atom. The molecule has 0 atom stereocenters. The fourth-order valence-corrected chi connectivity index (χ4v) is 2.38. The van der Waals surface area contributed by atoms with Gasteiger partial charge in [-0.3, -0.25) is 0 Å². The van der Waals surface area contributed by atoms with Crippen molar-refractivity contribution in [2.24, 2.45) is 0 Å². The Kier molecular flexibility index (Phi) is 5.60. The molecule has 0 radical (unpaired) electrons. The van der Waals surface area contributed by atoms with Crippen molar-refractivity contribution in [3.05, 3.63) is 35.0 Å². The number of nitrogens with zero attached hydrogens (tertiary/aromatic N) is 1. The van der Waals surface area contributed by atoms with Gasteiger partial charge in [0.15, 0.2) is 0 Å². The topological polar surface area (TPSA) is 112 Å². The third kappa shape index (κ3) is 3.56. The Morgan fingerprint density at radius 2 is 1.80 bits per heavy atom. The molecule has 1 heterocycles. The number of esters is 2. The Bertz CT molecular complexity index is 740. The standard InChI is InChI=1S/C16H17NO8/c1-22-12-5-4-9(6-10(12)14(18)19)17-8-25-7-11(15(20)23-2)13(17)16(21)24-3/h4-6H,7-8H2,1-3H3,(H,18,19). The molecule has 0 amide bonds. The van der Waals surface area contributed by atoms with Gasteiger partial charge in [-0.05, 0) is 18.2 Å². The Hall–Kier alpha value is -3.07. The van der Waals surface area contributed by atoms with Gasteiger partial charge in [-0.1, -0.05) is 0 Å². The van der Waals surface area contributed by atoms with Crippen LogP contribution in [0.25, 0.3) is 0 Å². The average Bonchev–Trinajstić information content (AvgIpc) is 2.65. The third-order valence-electron chi connectivity index (χ3n) is 3.56. The first-order valence-electron chi connectivity index (χ1n) is 7.11. The molecule has 25 heavy (non-hydrogen) atoms. The highest BCUT2D eigenvalue weighted by Crippen LogP contribution is 2.30. The van der Waals surface area contributed by atoms with Gasteiger partial charge in [-0.25, -0.2) is 14.4 Å². The number of methoxy groups -OCH3 is 3. The number of carboxylic acids is 1. The van der Waals surface area contributed by atoms with E-state index < -0.39 is 17.9 Å². The first-order valence-corrected chi connectivity index (χ1v) is 7.11. The van der Waals surface area contributed by atoms with Crippen molar-refractivity contribution >= 4 is 23.6 Å². The largest absolute Gasteiger partial charge is 0.496 e. The van der Waals surface area contributed by atoms with Crippen LogP contribution in [0.2, 0.25) is 0 Å². The molecule has 1 aromatic rings. The summed E-state index contributed by atoms with van der Waals surface area (Å²) in [5.41, 5.74) is 0.129. The number of ether oxygens (including phenoxy) is 4. The molecule has 0 aliphatic carbocycles. The summed E-state index contributed by atoms with van der Waals surface area (Å²) in [4.78, 5) is 36.9. The molecule has 1 N–H and O–H groups in total. The minimum atomic E-state index is -1.20. The smallest absolute Gasteiger partial charge is 0.355 e. The molecule has 0 fully saturated rings. The first-order chi connectivity index (χ1) is 11.9. The maximum Gasteiger partial charge on any atom is 0.355 e. The summed E-state index contributed by atoms with van der Waals surface area (Å²) in [5, 5.41) is 9.31. The van der Waals surface area contributed by atoms with E-state index in [4.69, 9.17) is 14.2 Å². The van der Waals surface area contributed by atoms with E-state index in [2.05, 4.69) is 4.74 Å². The quantitative estimate of drug-likeness (QED) is 0.769. The molecule has 9 heteroatoms. The van der Waals surface area contributed by atoms with Crippen LogP contribution in [0.15, 0.2) is 29.5 Å². The fraction of sp³-hybridized carbons (Fsp3) is 0.312. The molecule has 1 aliphatic rings. The lowest BCUT2D eigenvalue weighted by atomic mass is 10.1. The van der Waals surface area contributed by atoms with Gasteiger partial charge < -0.3 is 29.0 Å². The van der Waals surface area contributed by atoms with Crippen molar-refractivity contribution in [3.8, 4) is 5.75 Å². The van der Waals surface area contributed by atoms with Crippen molar-refractivity contribution in [1.29, 1.82) is 0 Å². The number of benzene rings is 1. The summed E-state index contributed by atoms with van der Waals surface area (Å²) in [7, 11) is 3.70. The number of carbonyl (C=O) groups excluding carboxylic acids is 2. The number of hydrogen-bond acceptors (Lipinski definition) is 8. The van der Waals surface area contributed by atoms with Gasteiger partial charge in [0.1, 0.15) is 23.7 Å². The predicted molar refractivity (Wildman–Crippen MR) is 84.3 cm³/mol. The van der Waals surface area contributed by atoms with E-state index in [0.717, 1.165) is 0 Å². The molecule has 9 nitrogen and oxygen atoms in total. The van der Waals surface area contributed by atoms with Crippen molar-refractivity contribution in [1.82, 2.24) is 0 Å². The normalized spacial score (nSPS) is 14.1. The molecule has 134 valence electrons. The van der Waals surface area contributed by atoms with Crippen LogP contribution in [-0.4, -0.2) is 57.7 Å².